The summed E-state index contributed by atoms with van der Waals surface area (Å²) in [6, 6.07) is 11.7. The molecular formula is C28H22F4N4O. The van der Waals surface area contributed by atoms with Crippen LogP contribution in [0, 0.1) is 12.7 Å². The summed E-state index contributed by atoms with van der Waals surface area (Å²) in [4.78, 5) is 21.3. The second-order valence-corrected chi connectivity index (χ2v) is 8.25. The highest BCUT2D eigenvalue weighted by Crippen LogP contribution is 2.36. The molecule has 2 heterocycles. The number of aromatic nitrogens is 2. The number of pyridine rings is 1. The minimum absolute atomic E-state index is 0.170. The third-order valence-electron chi connectivity index (χ3n) is 5.72. The number of hydrogen-bond acceptors (Lipinski definition) is 3. The Bertz CT molecular complexity index is 1550. The van der Waals surface area contributed by atoms with Gasteiger partial charge in [-0.25, -0.2) is 9.37 Å². The first-order valence-corrected chi connectivity index (χ1v) is 11.2. The normalized spacial score (nSPS) is 12.3. The maximum atomic E-state index is 13.8. The van der Waals surface area contributed by atoms with Crippen molar-refractivity contribution in [2.75, 3.05) is 5.32 Å². The summed E-state index contributed by atoms with van der Waals surface area (Å²) < 4.78 is 56.4. The Balaban J connectivity index is 1.83. The summed E-state index contributed by atoms with van der Waals surface area (Å²) in [5, 5.41) is 2.41. The molecule has 9 heteroatoms. The second-order valence-electron chi connectivity index (χ2n) is 8.25. The predicted molar refractivity (Wildman–Crippen MR) is 137 cm³/mol. The van der Waals surface area contributed by atoms with Crippen molar-refractivity contribution in [1.82, 2.24) is 9.38 Å². The maximum Gasteiger partial charge on any atom is 0.417 e. The molecule has 0 aliphatic rings. The highest BCUT2D eigenvalue weighted by atomic mass is 19.4. The van der Waals surface area contributed by atoms with Crippen molar-refractivity contribution in [3.63, 3.8) is 0 Å². The first-order valence-electron chi connectivity index (χ1n) is 11.2. The lowest BCUT2D eigenvalue weighted by molar-refractivity contribution is -0.137. The van der Waals surface area contributed by atoms with E-state index in [-0.39, 0.29) is 5.69 Å². The number of hydrogen-bond donors (Lipinski definition) is 1. The summed E-state index contributed by atoms with van der Waals surface area (Å²) in [5.74, 6) is -1.49. The Kier molecular flexibility index (Phi) is 7.06. The van der Waals surface area contributed by atoms with E-state index in [0.717, 1.165) is 35.2 Å². The molecule has 0 bridgehead atoms. The Morgan fingerprint density at radius 1 is 1.14 bits per heavy atom. The number of fused-ring (bicyclic) bond motifs is 1. The van der Waals surface area contributed by atoms with Gasteiger partial charge in [-0.3, -0.25) is 14.2 Å². The molecule has 188 valence electrons. The van der Waals surface area contributed by atoms with Crippen LogP contribution in [0.3, 0.4) is 0 Å². The van der Waals surface area contributed by atoms with Gasteiger partial charge in [0.25, 0.3) is 5.91 Å². The highest BCUT2D eigenvalue weighted by molar-refractivity contribution is 6.06. The molecule has 0 saturated carbocycles. The van der Waals surface area contributed by atoms with Crippen LogP contribution in [0.5, 0.6) is 0 Å². The number of nitrogens with one attached hydrogen (secondary N) is 1. The van der Waals surface area contributed by atoms with Gasteiger partial charge in [0.1, 0.15) is 11.5 Å². The Morgan fingerprint density at radius 3 is 2.54 bits per heavy atom. The Hall–Kier alpha value is -4.53. The zero-order valence-electron chi connectivity index (χ0n) is 20.0. The lowest BCUT2D eigenvalue weighted by Gasteiger charge is -2.15. The standard InChI is InChI=1S/C28H22F4N4O/c1-17(6-4-14-33-3)25-18(2)34-26-22(7-5-15-36(25)26)19-8-13-24(28(30,31)32)23(16-19)27(37)35-21-11-9-20(29)10-12-21/h4-16H,3H2,1-2H3,(H,35,37)/b14-4-,17-6+. The van der Waals surface area contributed by atoms with Gasteiger partial charge in [-0.05, 0) is 86.3 Å². The molecule has 37 heavy (non-hydrogen) atoms. The molecule has 0 spiro atoms. The summed E-state index contributed by atoms with van der Waals surface area (Å²) in [6.45, 7) is 7.15. The van der Waals surface area contributed by atoms with Gasteiger partial charge >= 0.3 is 6.18 Å². The van der Waals surface area contributed by atoms with Crippen LogP contribution in [0.1, 0.15) is 34.2 Å². The van der Waals surface area contributed by atoms with Gasteiger partial charge in [0.05, 0.1) is 22.5 Å². The first-order chi connectivity index (χ1) is 17.6. The third kappa shape index (κ3) is 5.35. The molecule has 0 aliphatic heterocycles. The maximum absolute atomic E-state index is 13.8. The van der Waals surface area contributed by atoms with E-state index >= 15 is 0 Å². The van der Waals surface area contributed by atoms with E-state index in [2.05, 4.69) is 22.0 Å². The zero-order valence-corrected chi connectivity index (χ0v) is 20.0. The third-order valence-corrected chi connectivity index (χ3v) is 5.72. The molecule has 0 atom stereocenters. The number of aliphatic imine (C=N–C) groups is 1. The van der Waals surface area contributed by atoms with Crippen LogP contribution in [0.4, 0.5) is 23.2 Å². The Labute approximate surface area is 210 Å². The number of allylic oxidation sites excluding steroid dienone is 3. The van der Waals surface area contributed by atoms with Gasteiger partial charge in [-0.2, -0.15) is 13.2 Å². The van der Waals surface area contributed by atoms with Crippen molar-refractivity contribution in [2.24, 2.45) is 4.99 Å². The minimum atomic E-state index is -4.76. The molecule has 0 saturated heterocycles. The van der Waals surface area contributed by atoms with E-state index in [1.807, 2.05) is 30.5 Å². The molecule has 5 nitrogen and oxygen atoms in total. The Morgan fingerprint density at radius 2 is 1.86 bits per heavy atom. The molecule has 0 unspecified atom stereocenters. The summed E-state index contributed by atoms with van der Waals surface area (Å²) in [6.07, 6.45) is 2.20. The summed E-state index contributed by atoms with van der Waals surface area (Å²) in [7, 11) is 0. The fourth-order valence-corrected chi connectivity index (χ4v) is 4.09. The van der Waals surface area contributed by atoms with Crippen molar-refractivity contribution in [2.45, 2.75) is 20.0 Å². The molecule has 4 rings (SSSR count). The van der Waals surface area contributed by atoms with E-state index in [9.17, 15) is 22.4 Å². The number of aryl methyl sites for hydroxylation is 1. The average molecular weight is 507 g/mol. The second kappa shape index (κ2) is 10.2. The topological polar surface area (TPSA) is 58.8 Å². The number of alkyl halides is 3. The van der Waals surface area contributed by atoms with Gasteiger partial charge in [-0.1, -0.05) is 12.1 Å². The van der Waals surface area contributed by atoms with Gasteiger partial charge < -0.3 is 5.32 Å². The summed E-state index contributed by atoms with van der Waals surface area (Å²) >= 11 is 0. The molecule has 1 amide bonds. The molecule has 2 aromatic carbocycles. The van der Waals surface area contributed by atoms with Crippen LogP contribution in [-0.4, -0.2) is 22.0 Å². The van der Waals surface area contributed by atoms with Crippen LogP contribution in [-0.2, 0) is 6.18 Å². The van der Waals surface area contributed by atoms with Gasteiger partial charge in [0.15, 0.2) is 0 Å². The van der Waals surface area contributed by atoms with E-state index in [1.54, 1.807) is 24.4 Å². The minimum Gasteiger partial charge on any atom is -0.322 e. The van der Waals surface area contributed by atoms with Gasteiger partial charge in [0.2, 0.25) is 0 Å². The largest absolute Gasteiger partial charge is 0.417 e. The lowest BCUT2D eigenvalue weighted by atomic mass is 9.98. The smallest absolute Gasteiger partial charge is 0.322 e. The number of anilines is 1. The van der Waals surface area contributed by atoms with Crippen LogP contribution in [0.15, 0.2) is 84.1 Å². The molecule has 2 aromatic heterocycles. The molecule has 0 fully saturated rings. The van der Waals surface area contributed by atoms with Crippen LogP contribution in [0.2, 0.25) is 0 Å². The molecular weight excluding hydrogens is 484 g/mol. The van der Waals surface area contributed by atoms with E-state index in [0.29, 0.717) is 16.8 Å². The zero-order chi connectivity index (χ0) is 26.7. The van der Waals surface area contributed by atoms with Crippen molar-refractivity contribution in [3.05, 3.63) is 107 Å². The molecule has 0 radical (unpaired) electrons. The van der Waals surface area contributed by atoms with Gasteiger partial charge in [0, 0.05) is 23.6 Å². The average Bonchev–Trinajstić information content (AvgIpc) is 3.20. The molecule has 0 aliphatic carbocycles. The first kappa shape index (κ1) is 25.6. The van der Waals surface area contributed by atoms with Crippen molar-refractivity contribution in [1.29, 1.82) is 0 Å². The molecule has 4 aromatic rings. The number of imidazole rings is 1. The van der Waals surface area contributed by atoms with Crippen molar-refractivity contribution in [3.8, 4) is 11.1 Å². The van der Waals surface area contributed by atoms with Crippen molar-refractivity contribution >= 4 is 29.5 Å². The van der Waals surface area contributed by atoms with Gasteiger partial charge in [-0.15, -0.1) is 0 Å². The highest BCUT2D eigenvalue weighted by Gasteiger charge is 2.35. The number of halogens is 4. The quantitative estimate of drug-likeness (QED) is 0.169. The van der Waals surface area contributed by atoms with E-state index in [4.69, 9.17) is 0 Å². The fourth-order valence-electron chi connectivity index (χ4n) is 4.09. The van der Waals surface area contributed by atoms with E-state index < -0.39 is 29.0 Å². The summed E-state index contributed by atoms with van der Waals surface area (Å²) in [5.41, 5.74) is 2.45. The van der Waals surface area contributed by atoms with Crippen LogP contribution >= 0.6 is 0 Å². The number of carbonyl (C=O) groups excluding carboxylic acids is 1. The lowest BCUT2D eigenvalue weighted by Crippen LogP contribution is -2.19. The number of amides is 1. The van der Waals surface area contributed by atoms with Crippen LogP contribution < -0.4 is 5.32 Å². The SMILES string of the molecule is C=N/C=C\C=C(/C)c1c(C)nc2c(-c3ccc(C(F)(F)F)c(C(=O)Nc4ccc(F)cc4)c3)cccn12. The number of nitrogens with zero attached hydrogens (tertiary/aromatic N) is 3. The predicted octanol–water partition coefficient (Wildman–Crippen LogP) is 7.34. The number of benzene rings is 2. The molecule has 1 N–H and O–H groups in total. The van der Waals surface area contributed by atoms with Crippen LogP contribution in [0.25, 0.3) is 22.3 Å². The van der Waals surface area contributed by atoms with E-state index in [1.165, 1.54) is 24.3 Å². The van der Waals surface area contributed by atoms with Crippen molar-refractivity contribution < 1.29 is 22.4 Å². The monoisotopic (exact) mass is 506 g/mol. The fraction of sp³-hybridized carbons (Fsp3) is 0.107. The number of carbonyl (C=O) groups is 1. The number of rotatable bonds is 6.